The molecule has 2 fully saturated rings. The number of hydrogen-bond donors (Lipinski definition) is 2. The maximum absolute atomic E-state index is 12.1. The molecular formula is C24H37N5O3. The van der Waals surface area contributed by atoms with Crippen LogP contribution >= 0.6 is 0 Å². The number of rotatable bonds is 8. The van der Waals surface area contributed by atoms with E-state index < -0.39 is 0 Å². The number of amides is 2. The Labute approximate surface area is 191 Å². The van der Waals surface area contributed by atoms with Crippen molar-refractivity contribution in [3.8, 4) is 0 Å². The summed E-state index contributed by atoms with van der Waals surface area (Å²) in [7, 11) is 3.48. The summed E-state index contributed by atoms with van der Waals surface area (Å²) in [6, 6.07) is 10.8. The molecule has 0 bridgehead atoms. The second kappa shape index (κ2) is 11.2. The van der Waals surface area contributed by atoms with E-state index in [0.29, 0.717) is 25.7 Å². The lowest BCUT2D eigenvalue weighted by molar-refractivity contribution is -0.127. The van der Waals surface area contributed by atoms with E-state index in [1.54, 1.807) is 23.9 Å². The van der Waals surface area contributed by atoms with Crippen molar-refractivity contribution in [3.05, 3.63) is 35.9 Å². The summed E-state index contributed by atoms with van der Waals surface area (Å²) >= 11 is 0. The van der Waals surface area contributed by atoms with Crippen molar-refractivity contribution in [2.45, 2.75) is 45.1 Å². The van der Waals surface area contributed by atoms with Gasteiger partial charge < -0.3 is 25.2 Å². The molecule has 0 spiro atoms. The highest BCUT2D eigenvalue weighted by atomic mass is 16.6. The van der Waals surface area contributed by atoms with Gasteiger partial charge >= 0.3 is 6.09 Å². The Morgan fingerprint density at radius 3 is 2.47 bits per heavy atom. The molecular weight excluding hydrogens is 406 g/mol. The van der Waals surface area contributed by atoms with Gasteiger partial charge in [0.2, 0.25) is 5.91 Å². The van der Waals surface area contributed by atoms with Gasteiger partial charge in [0.25, 0.3) is 0 Å². The lowest BCUT2D eigenvalue weighted by atomic mass is 9.96. The summed E-state index contributed by atoms with van der Waals surface area (Å²) in [5.74, 6) is 0.641. The first-order valence-electron chi connectivity index (χ1n) is 11.6. The fourth-order valence-electron chi connectivity index (χ4n) is 3.95. The van der Waals surface area contributed by atoms with Crippen molar-refractivity contribution in [1.29, 1.82) is 0 Å². The third kappa shape index (κ3) is 7.14. The van der Waals surface area contributed by atoms with E-state index in [2.05, 4.69) is 39.9 Å². The Kier molecular flexibility index (Phi) is 8.36. The van der Waals surface area contributed by atoms with Gasteiger partial charge in [-0.1, -0.05) is 30.3 Å². The number of guanidine groups is 1. The van der Waals surface area contributed by atoms with Gasteiger partial charge in [-0.2, -0.15) is 0 Å². The summed E-state index contributed by atoms with van der Waals surface area (Å²) in [5.41, 5.74) is 1.61. The fraction of sp³-hybridized carbons (Fsp3) is 0.625. The number of nitrogens with one attached hydrogen (secondary N) is 2. The van der Waals surface area contributed by atoms with E-state index in [9.17, 15) is 9.59 Å². The molecule has 0 aromatic heterocycles. The lowest BCUT2D eigenvalue weighted by Crippen LogP contribution is -2.51. The standard InChI is InChI=1S/C24H37N5O3/c1-4-32-23(31)29-14-10-20(11-15-29)27-22(25-17-21(30)28(2)3)26-18-24(12-13-24)16-19-8-6-5-7-9-19/h5-9,20H,4,10-18H2,1-3H3,(H2,25,26,27). The highest BCUT2D eigenvalue weighted by molar-refractivity contribution is 5.85. The number of carbonyl (C=O) groups is 2. The van der Waals surface area contributed by atoms with E-state index in [4.69, 9.17) is 4.74 Å². The van der Waals surface area contributed by atoms with Gasteiger partial charge in [-0.3, -0.25) is 4.79 Å². The number of aliphatic imine (C=N–C) groups is 1. The average Bonchev–Trinajstić information content (AvgIpc) is 3.56. The third-order valence-electron chi connectivity index (χ3n) is 6.24. The molecule has 1 saturated carbocycles. The molecule has 32 heavy (non-hydrogen) atoms. The van der Waals surface area contributed by atoms with Crippen molar-refractivity contribution in [3.63, 3.8) is 0 Å². The number of nitrogens with zero attached hydrogens (tertiary/aromatic N) is 3. The van der Waals surface area contributed by atoms with Crippen LogP contribution in [0.5, 0.6) is 0 Å². The number of likely N-dealkylation sites (tertiary alicyclic amines) is 1. The predicted octanol–water partition coefficient (Wildman–Crippen LogP) is 2.25. The number of carbonyl (C=O) groups excluding carboxylic acids is 2. The third-order valence-corrected chi connectivity index (χ3v) is 6.24. The van der Waals surface area contributed by atoms with Gasteiger partial charge in [-0.05, 0) is 50.0 Å². The van der Waals surface area contributed by atoms with Gasteiger partial charge in [0.05, 0.1) is 6.61 Å². The Bertz CT molecular complexity index is 784. The Morgan fingerprint density at radius 1 is 1.19 bits per heavy atom. The molecule has 3 rings (SSSR count). The first-order valence-corrected chi connectivity index (χ1v) is 11.6. The van der Waals surface area contributed by atoms with Gasteiger partial charge in [-0.15, -0.1) is 0 Å². The zero-order valence-electron chi connectivity index (χ0n) is 19.6. The number of likely N-dealkylation sites (N-methyl/N-ethyl adjacent to an activating group) is 1. The van der Waals surface area contributed by atoms with Crippen LogP contribution in [0.15, 0.2) is 35.3 Å². The lowest BCUT2D eigenvalue weighted by Gasteiger charge is -2.32. The SMILES string of the molecule is CCOC(=O)N1CCC(NC(=NCC(=O)N(C)C)NCC2(Cc3ccccc3)CC2)CC1. The molecule has 2 amide bonds. The number of ether oxygens (including phenoxy) is 1. The zero-order valence-corrected chi connectivity index (χ0v) is 19.6. The van der Waals surface area contributed by atoms with Crippen LogP contribution in [0.3, 0.4) is 0 Å². The van der Waals surface area contributed by atoms with Gasteiger partial charge in [-0.25, -0.2) is 9.79 Å². The summed E-state index contributed by atoms with van der Waals surface area (Å²) in [5, 5.41) is 7.00. The summed E-state index contributed by atoms with van der Waals surface area (Å²) in [4.78, 5) is 31.9. The monoisotopic (exact) mass is 443 g/mol. The van der Waals surface area contributed by atoms with Crippen LogP contribution in [0, 0.1) is 5.41 Å². The molecule has 8 nitrogen and oxygen atoms in total. The smallest absolute Gasteiger partial charge is 0.409 e. The molecule has 176 valence electrons. The van der Waals surface area contributed by atoms with Gasteiger partial charge in [0, 0.05) is 39.8 Å². The number of piperidine rings is 1. The van der Waals surface area contributed by atoms with E-state index in [1.165, 1.54) is 18.4 Å². The Morgan fingerprint density at radius 2 is 1.88 bits per heavy atom. The molecule has 0 unspecified atom stereocenters. The Hall–Kier alpha value is -2.77. The first kappa shape index (κ1) is 23.9. The van der Waals surface area contributed by atoms with Crippen molar-refractivity contribution in [1.82, 2.24) is 20.4 Å². The van der Waals surface area contributed by atoms with Crippen molar-refractivity contribution >= 4 is 18.0 Å². The summed E-state index contributed by atoms with van der Waals surface area (Å²) in [6.45, 7) is 4.44. The maximum Gasteiger partial charge on any atom is 0.409 e. The molecule has 2 aliphatic rings. The second-order valence-electron chi connectivity index (χ2n) is 9.07. The van der Waals surface area contributed by atoms with Gasteiger partial charge in [0.1, 0.15) is 6.54 Å². The molecule has 1 aliphatic carbocycles. The molecule has 1 aromatic rings. The molecule has 1 heterocycles. The van der Waals surface area contributed by atoms with E-state index in [-0.39, 0.29) is 30.0 Å². The van der Waals surface area contributed by atoms with Crippen LogP contribution in [0.25, 0.3) is 0 Å². The molecule has 1 saturated heterocycles. The molecule has 1 aromatic carbocycles. The topological polar surface area (TPSA) is 86.3 Å². The predicted molar refractivity (Wildman–Crippen MR) is 126 cm³/mol. The fourth-order valence-corrected chi connectivity index (χ4v) is 3.95. The van der Waals surface area contributed by atoms with E-state index in [0.717, 1.165) is 25.8 Å². The van der Waals surface area contributed by atoms with Gasteiger partial charge in [0.15, 0.2) is 5.96 Å². The molecule has 1 aliphatic heterocycles. The van der Waals surface area contributed by atoms with Crippen LogP contribution < -0.4 is 10.6 Å². The van der Waals surface area contributed by atoms with Crippen molar-refractivity contribution < 1.29 is 14.3 Å². The average molecular weight is 444 g/mol. The minimum atomic E-state index is -0.244. The number of benzene rings is 1. The normalized spacial score (nSPS) is 18.1. The Balaban J connectivity index is 1.56. The molecule has 0 atom stereocenters. The van der Waals surface area contributed by atoms with Crippen LogP contribution in [0.1, 0.15) is 38.2 Å². The zero-order chi connectivity index (χ0) is 23.0. The summed E-state index contributed by atoms with van der Waals surface area (Å²) in [6.07, 6.45) is 4.81. The molecule has 2 N–H and O–H groups in total. The first-order chi connectivity index (χ1) is 15.4. The minimum Gasteiger partial charge on any atom is -0.450 e. The molecule has 0 radical (unpaired) electrons. The number of hydrogen-bond acceptors (Lipinski definition) is 4. The molecule has 8 heteroatoms. The summed E-state index contributed by atoms with van der Waals surface area (Å²) < 4.78 is 5.11. The van der Waals surface area contributed by atoms with Crippen molar-refractivity contribution in [2.24, 2.45) is 10.4 Å². The van der Waals surface area contributed by atoms with Crippen LogP contribution in [0.4, 0.5) is 4.79 Å². The quantitative estimate of drug-likeness (QED) is 0.475. The van der Waals surface area contributed by atoms with Crippen LogP contribution in [-0.4, -0.2) is 80.7 Å². The minimum absolute atomic E-state index is 0.0337. The highest BCUT2D eigenvalue weighted by Crippen LogP contribution is 2.47. The van der Waals surface area contributed by atoms with Crippen molar-refractivity contribution in [2.75, 3.05) is 46.9 Å². The van der Waals surface area contributed by atoms with Crippen LogP contribution in [0.2, 0.25) is 0 Å². The highest BCUT2D eigenvalue weighted by Gasteiger charge is 2.42. The maximum atomic E-state index is 12.1. The largest absolute Gasteiger partial charge is 0.450 e. The van der Waals surface area contributed by atoms with Crippen LogP contribution in [-0.2, 0) is 16.0 Å². The van der Waals surface area contributed by atoms with E-state index >= 15 is 0 Å². The second-order valence-corrected chi connectivity index (χ2v) is 9.07. The van der Waals surface area contributed by atoms with E-state index in [1.807, 2.05) is 13.0 Å².